The van der Waals surface area contributed by atoms with Gasteiger partial charge in [-0.25, -0.2) is 13.1 Å². The highest BCUT2D eigenvalue weighted by atomic mass is 32.2. The number of methoxy groups -OCH3 is 1. The van der Waals surface area contributed by atoms with Crippen LogP contribution in [0.2, 0.25) is 0 Å². The summed E-state index contributed by atoms with van der Waals surface area (Å²) < 4.78 is 32.5. The van der Waals surface area contributed by atoms with Gasteiger partial charge in [-0.2, -0.15) is 0 Å². The van der Waals surface area contributed by atoms with Crippen molar-refractivity contribution in [3.63, 3.8) is 0 Å². The maximum Gasteiger partial charge on any atom is 0.240 e. The lowest BCUT2D eigenvalue weighted by molar-refractivity contribution is 0.0657. The molecule has 1 saturated carbocycles. The predicted molar refractivity (Wildman–Crippen MR) is 82.9 cm³/mol. The number of anilines is 1. The summed E-state index contributed by atoms with van der Waals surface area (Å²) in [5, 5.41) is 0. The van der Waals surface area contributed by atoms with Crippen LogP contribution in [0.4, 0.5) is 5.69 Å². The van der Waals surface area contributed by atoms with Crippen LogP contribution < -0.4 is 15.2 Å². The maximum atomic E-state index is 12.4. The molecule has 0 spiro atoms. The van der Waals surface area contributed by atoms with E-state index >= 15 is 0 Å². The second-order valence-corrected chi connectivity index (χ2v) is 7.47. The molecule has 1 aliphatic rings. The summed E-state index contributed by atoms with van der Waals surface area (Å²) in [5.74, 6) is 0.470. The van der Waals surface area contributed by atoms with Gasteiger partial charge in [0.2, 0.25) is 10.0 Å². The molecule has 0 saturated heterocycles. The van der Waals surface area contributed by atoms with Crippen LogP contribution in [0.1, 0.15) is 19.3 Å². The number of ether oxygens (including phenoxy) is 1. The van der Waals surface area contributed by atoms with Gasteiger partial charge in [-0.3, -0.25) is 0 Å². The largest absolute Gasteiger partial charge is 0.495 e. The molecule has 6 nitrogen and oxygen atoms in total. The third-order valence-corrected chi connectivity index (χ3v) is 5.73. The molecule has 0 unspecified atom stereocenters. The van der Waals surface area contributed by atoms with E-state index in [1.54, 1.807) is 6.07 Å². The normalized spacial score (nSPS) is 17.5. The molecule has 1 aliphatic carbocycles. The van der Waals surface area contributed by atoms with Crippen molar-refractivity contribution < 1.29 is 13.2 Å². The Bertz CT molecular complexity index is 610. The molecule has 2 rings (SSSR count). The average Bonchev–Trinajstić information content (AvgIpc) is 2.36. The molecule has 0 heterocycles. The molecule has 0 bridgehead atoms. The van der Waals surface area contributed by atoms with Gasteiger partial charge in [-0.05, 0) is 51.6 Å². The van der Waals surface area contributed by atoms with Gasteiger partial charge in [-0.1, -0.05) is 0 Å². The molecule has 1 fully saturated rings. The monoisotopic (exact) mass is 313 g/mol. The summed E-state index contributed by atoms with van der Waals surface area (Å²) in [5.41, 5.74) is 6.02. The van der Waals surface area contributed by atoms with Crippen LogP contribution in [0.25, 0.3) is 0 Å². The van der Waals surface area contributed by atoms with E-state index in [0.717, 1.165) is 19.3 Å². The van der Waals surface area contributed by atoms with Crippen LogP contribution in [0.3, 0.4) is 0 Å². The SMILES string of the molecule is COc1ccc(S(=O)(=O)NCC2(N(C)C)CCC2)cc1N. The quantitative estimate of drug-likeness (QED) is 0.767. The molecule has 0 aromatic heterocycles. The van der Waals surface area contributed by atoms with Crippen molar-refractivity contribution in [1.29, 1.82) is 0 Å². The molecule has 1 aromatic rings. The Labute approximate surface area is 126 Å². The Balaban J connectivity index is 2.13. The van der Waals surface area contributed by atoms with Crippen LogP contribution in [0.15, 0.2) is 23.1 Å². The third kappa shape index (κ3) is 3.14. The van der Waals surface area contributed by atoms with Gasteiger partial charge >= 0.3 is 0 Å². The molecule has 118 valence electrons. The van der Waals surface area contributed by atoms with Gasteiger partial charge < -0.3 is 15.4 Å². The van der Waals surface area contributed by atoms with Gasteiger partial charge in [0, 0.05) is 12.1 Å². The van der Waals surface area contributed by atoms with E-state index in [-0.39, 0.29) is 10.4 Å². The topological polar surface area (TPSA) is 84.7 Å². The van der Waals surface area contributed by atoms with Crippen molar-refractivity contribution in [2.24, 2.45) is 0 Å². The van der Waals surface area contributed by atoms with Crippen molar-refractivity contribution in [3.05, 3.63) is 18.2 Å². The minimum atomic E-state index is -3.56. The first-order chi connectivity index (χ1) is 9.81. The molecule has 3 N–H and O–H groups in total. The lowest BCUT2D eigenvalue weighted by Crippen LogP contribution is -2.57. The zero-order valence-electron chi connectivity index (χ0n) is 12.7. The number of rotatable bonds is 6. The van der Waals surface area contributed by atoms with Crippen LogP contribution in [-0.2, 0) is 10.0 Å². The van der Waals surface area contributed by atoms with E-state index in [1.807, 2.05) is 14.1 Å². The Morgan fingerprint density at radius 1 is 1.38 bits per heavy atom. The van der Waals surface area contributed by atoms with Crippen LogP contribution >= 0.6 is 0 Å². The number of nitrogens with one attached hydrogen (secondary N) is 1. The van der Waals surface area contributed by atoms with Gasteiger partial charge in [0.25, 0.3) is 0 Å². The van der Waals surface area contributed by atoms with E-state index in [1.165, 1.54) is 19.2 Å². The van der Waals surface area contributed by atoms with Gasteiger partial charge in [0.1, 0.15) is 5.75 Å². The summed E-state index contributed by atoms with van der Waals surface area (Å²) in [6, 6.07) is 4.49. The second kappa shape index (κ2) is 5.82. The Morgan fingerprint density at radius 3 is 2.48 bits per heavy atom. The van der Waals surface area contributed by atoms with Crippen LogP contribution in [-0.4, -0.2) is 46.6 Å². The second-order valence-electron chi connectivity index (χ2n) is 5.70. The fourth-order valence-electron chi connectivity index (χ4n) is 2.56. The molecule has 1 aromatic carbocycles. The minimum Gasteiger partial charge on any atom is -0.495 e. The maximum absolute atomic E-state index is 12.4. The lowest BCUT2D eigenvalue weighted by atomic mass is 9.76. The van der Waals surface area contributed by atoms with Crippen molar-refractivity contribution in [3.8, 4) is 5.75 Å². The number of nitrogen functional groups attached to an aromatic ring is 1. The van der Waals surface area contributed by atoms with E-state index in [9.17, 15) is 8.42 Å². The predicted octanol–water partition coefficient (Wildman–Crippen LogP) is 1.04. The van der Waals surface area contributed by atoms with Gasteiger partial charge in [0.15, 0.2) is 0 Å². The number of benzene rings is 1. The van der Waals surface area contributed by atoms with E-state index in [4.69, 9.17) is 10.5 Å². The highest BCUT2D eigenvalue weighted by Crippen LogP contribution is 2.35. The van der Waals surface area contributed by atoms with E-state index < -0.39 is 10.0 Å². The highest BCUT2D eigenvalue weighted by Gasteiger charge is 2.39. The average molecular weight is 313 g/mol. The van der Waals surface area contributed by atoms with Crippen molar-refractivity contribution in [2.45, 2.75) is 29.7 Å². The fraction of sp³-hybridized carbons (Fsp3) is 0.571. The summed E-state index contributed by atoms with van der Waals surface area (Å²) in [6.07, 6.45) is 3.15. The molecule has 7 heteroatoms. The van der Waals surface area contributed by atoms with Gasteiger partial charge in [0.05, 0.1) is 17.7 Å². The Kier molecular flexibility index (Phi) is 4.46. The fourth-order valence-corrected chi connectivity index (χ4v) is 3.71. The van der Waals surface area contributed by atoms with Crippen molar-refractivity contribution in [1.82, 2.24) is 9.62 Å². The first-order valence-electron chi connectivity index (χ1n) is 6.91. The minimum absolute atomic E-state index is 0.0644. The standard InChI is InChI=1S/C14H23N3O3S/c1-17(2)14(7-4-8-14)10-16-21(18,19)11-5-6-13(20-3)12(15)9-11/h5-6,9,16H,4,7-8,10,15H2,1-3H3. The van der Waals surface area contributed by atoms with E-state index in [0.29, 0.717) is 18.0 Å². The summed E-state index contributed by atoms with van der Waals surface area (Å²) in [4.78, 5) is 2.26. The zero-order chi connectivity index (χ0) is 15.7. The molecule has 0 amide bonds. The first kappa shape index (κ1) is 16.1. The smallest absolute Gasteiger partial charge is 0.240 e. The Hall–Kier alpha value is -1.31. The lowest BCUT2D eigenvalue weighted by Gasteiger charge is -2.47. The zero-order valence-corrected chi connectivity index (χ0v) is 13.5. The highest BCUT2D eigenvalue weighted by molar-refractivity contribution is 7.89. The van der Waals surface area contributed by atoms with Gasteiger partial charge in [-0.15, -0.1) is 0 Å². The van der Waals surface area contributed by atoms with Crippen LogP contribution in [0, 0.1) is 0 Å². The van der Waals surface area contributed by atoms with Crippen molar-refractivity contribution >= 4 is 15.7 Å². The molecule has 0 atom stereocenters. The number of sulfonamides is 1. The molecule has 0 aliphatic heterocycles. The Morgan fingerprint density at radius 2 is 2.05 bits per heavy atom. The number of hydrogen-bond donors (Lipinski definition) is 2. The molecular formula is C14H23N3O3S. The molecular weight excluding hydrogens is 290 g/mol. The third-order valence-electron chi connectivity index (χ3n) is 4.34. The number of nitrogens with two attached hydrogens (primary N) is 1. The van der Waals surface area contributed by atoms with Crippen LogP contribution in [0.5, 0.6) is 5.75 Å². The molecule has 21 heavy (non-hydrogen) atoms. The number of nitrogens with zero attached hydrogens (tertiary/aromatic N) is 1. The summed E-state index contributed by atoms with van der Waals surface area (Å²) in [7, 11) is 1.90. The summed E-state index contributed by atoms with van der Waals surface area (Å²) >= 11 is 0. The van der Waals surface area contributed by atoms with E-state index in [2.05, 4.69) is 9.62 Å². The number of likely N-dealkylation sites (N-methyl/N-ethyl adjacent to an activating group) is 1. The first-order valence-corrected chi connectivity index (χ1v) is 8.40. The summed E-state index contributed by atoms with van der Waals surface area (Å²) in [6.45, 7) is 0.411. The van der Waals surface area contributed by atoms with Crippen molar-refractivity contribution in [2.75, 3.05) is 33.5 Å². The number of hydrogen-bond acceptors (Lipinski definition) is 5. The molecule has 0 radical (unpaired) electrons.